The number of sulfonamides is 1. The largest absolute Gasteiger partial charge is 0.324 e. The number of fused-ring (bicyclic) bond motifs is 1. The van der Waals surface area contributed by atoms with E-state index in [0.29, 0.717) is 24.8 Å². The molecule has 1 aliphatic rings. The van der Waals surface area contributed by atoms with Crippen molar-refractivity contribution in [3.05, 3.63) is 66.4 Å². The predicted molar refractivity (Wildman–Crippen MR) is 112 cm³/mol. The normalized spacial score (nSPS) is 15.8. The molecular weight excluding hydrogens is 426 g/mol. The first-order valence-electron chi connectivity index (χ1n) is 9.66. The number of halogens is 2. The number of carbonyl (C=O) groups is 1. The maximum Gasteiger partial charge on any atom is 0.246 e. The first kappa shape index (κ1) is 21.3. The third-order valence-corrected chi connectivity index (χ3v) is 7.04. The van der Waals surface area contributed by atoms with Crippen molar-refractivity contribution in [2.24, 2.45) is 0 Å². The molecule has 1 aliphatic heterocycles. The molecule has 162 valence electrons. The Morgan fingerprint density at radius 3 is 2.58 bits per heavy atom. The van der Waals surface area contributed by atoms with Gasteiger partial charge in [-0.3, -0.25) is 14.7 Å². The summed E-state index contributed by atoms with van der Waals surface area (Å²) in [5.41, 5.74) is 1.42. The molecule has 3 aromatic rings. The van der Waals surface area contributed by atoms with Gasteiger partial charge in [0.25, 0.3) is 0 Å². The fourth-order valence-electron chi connectivity index (χ4n) is 3.55. The summed E-state index contributed by atoms with van der Waals surface area (Å²) in [7, 11) is -4.16. The Morgan fingerprint density at radius 2 is 1.81 bits per heavy atom. The van der Waals surface area contributed by atoms with Crippen molar-refractivity contribution in [3.8, 4) is 0 Å². The van der Waals surface area contributed by atoms with Crippen LogP contribution in [0, 0.1) is 11.6 Å². The highest BCUT2D eigenvalue weighted by Crippen LogP contribution is 2.23. The van der Waals surface area contributed by atoms with Crippen molar-refractivity contribution < 1.29 is 22.0 Å². The Kier molecular flexibility index (Phi) is 5.94. The number of hydrogen-bond donors (Lipinski definition) is 1. The number of piperazine rings is 1. The molecule has 1 fully saturated rings. The highest BCUT2D eigenvalue weighted by molar-refractivity contribution is 7.89. The van der Waals surface area contributed by atoms with Crippen LogP contribution in [-0.2, 0) is 14.8 Å². The molecule has 7 nitrogen and oxygen atoms in total. The van der Waals surface area contributed by atoms with E-state index in [-0.39, 0.29) is 25.5 Å². The van der Waals surface area contributed by atoms with Crippen LogP contribution in [-0.4, -0.2) is 61.2 Å². The SMILES string of the molecule is O=C(CN1CCN(S(=O)(=O)c2cc(F)ccc2F)CC1)Nc1cccc2ncccc12. The van der Waals surface area contributed by atoms with Crippen molar-refractivity contribution in [2.45, 2.75) is 4.90 Å². The number of pyridine rings is 1. The molecule has 10 heteroatoms. The van der Waals surface area contributed by atoms with Gasteiger partial charge in [0.2, 0.25) is 15.9 Å². The molecule has 0 saturated carbocycles. The number of aromatic nitrogens is 1. The van der Waals surface area contributed by atoms with Crippen molar-refractivity contribution in [3.63, 3.8) is 0 Å². The van der Waals surface area contributed by atoms with Crippen LogP contribution in [0.2, 0.25) is 0 Å². The molecule has 2 aromatic carbocycles. The second kappa shape index (κ2) is 8.66. The Labute approximate surface area is 178 Å². The average Bonchev–Trinajstić information content (AvgIpc) is 2.76. The van der Waals surface area contributed by atoms with Crippen molar-refractivity contribution in [2.75, 3.05) is 38.0 Å². The maximum absolute atomic E-state index is 13.9. The monoisotopic (exact) mass is 446 g/mol. The lowest BCUT2D eigenvalue weighted by Gasteiger charge is -2.33. The Morgan fingerprint density at radius 1 is 1.03 bits per heavy atom. The van der Waals surface area contributed by atoms with Crippen molar-refractivity contribution in [1.29, 1.82) is 0 Å². The number of anilines is 1. The quantitative estimate of drug-likeness (QED) is 0.651. The summed E-state index contributed by atoms with van der Waals surface area (Å²) in [4.78, 5) is 17.9. The summed E-state index contributed by atoms with van der Waals surface area (Å²) in [5, 5.41) is 3.69. The molecule has 2 heterocycles. The number of hydrogen-bond acceptors (Lipinski definition) is 5. The summed E-state index contributed by atoms with van der Waals surface area (Å²) in [6, 6.07) is 11.5. The second-order valence-electron chi connectivity index (χ2n) is 7.18. The number of nitrogens with zero attached hydrogens (tertiary/aromatic N) is 3. The molecular formula is C21H20F2N4O3S. The zero-order valence-electron chi connectivity index (χ0n) is 16.5. The molecule has 0 atom stereocenters. The average molecular weight is 446 g/mol. The minimum Gasteiger partial charge on any atom is -0.324 e. The minimum atomic E-state index is -4.16. The van der Waals surface area contributed by atoms with Crippen LogP contribution in [0.5, 0.6) is 0 Å². The van der Waals surface area contributed by atoms with Gasteiger partial charge in [-0.2, -0.15) is 4.31 Å². The van der Waals surface area contributed by atoms with Gasteiger partial charge in [-0.1, -0.05) is 6.07 Å². The Hall–Kier alpha value is -2.95. The molecule has 1 aromatic heterocycles. The van der Waals surface area contributed by atoms with Crippen LogP contribution >= 0.6 is 0 Å². The van der Waals surface area contributed by atoms with E-state index in [1.807, 2.05) is 17.0 Å². The zero-order valence-corrected chi connectivity index (χ0v) is 17.3. The number of benzene rings is 2. The van der Waals surface area contributed by atoms with E-state index in [0.717, 1.165) is 27.3 Å². The van der Waals surface area contributed by atoms with Crippen LogP contribution < -0.4 is 5.32 Å². The van der Waals surface area contributed by atoms with E-state index in [2.05, 4.69) is 10.3 Å². The third kappa shape index (κ3) is 4.55. The number of carbonyl (C=O) groups excluding carboxylic acids is 1. The van der Waals surface area contributed by atoms with Crippen LogP contribution in [0.1, 0.15) is 0 Å². The van der Waals surface area contributed by atoms with E-state index >= 15 is 0 Å². The van der Waals surface area contributed by atoms with Crippen LogP contribution in [0.15, 0.2) is 59.6 Å². The highest BCUT2D eigenvalue weighted by atomic mass is 32.2. The first-order chi connectivity index (χ1) is 14.8. The van der Waals surface area contributed by atoms with E-state index in [1.165, 1.54) is 0 Å². The number of rotatable bonds is 5. The third-order valence-electron chi connectivity index (χ3n) is 5.13. The summed E-state index contributed by atoms with van der Waals surface area (Å²) in [5.74, 6) is -2.05. The highest BCUT2D eigenvalue weighted by Gasteiger charge is 2.31. The molecule has 1 saturated heterocycles. The maximum atomic E-state index is 13.9. The van der Waals surface area contributed by atoms with Crippen LogP contribution in [0.4, 0.5) is 14.5 Å². The second-order valence-corrected chi connectivity index (χ2v) is 9.09. The molecule has 0 bridgehead atoms. The molecule has 0 aliphatic carbocycles. The summed E-state index contributed by atoms with van der Waals surface area (Å²) in [6.45, 7) is 0.813. The van der Waals surface area contributed by atoms with Crippen molar-refractivity contribution >= 4 is 32.5 Å². The molecule has 0 radical (unpaired) electrons. The van der Waals surface area contributed by atoms with Gasteiger partial charge in [0.05, 0.1) is 17.7 Å². The van der Waals surface area contributed by atoms with Gasteiger partial charge in [0.1, 0.15) is 16.5 Å². The molecule has 0 spiro atoms. The fourth-order valence-corrected chi connectivity index (χ4v) is 5.05. The summed E-state index contributed by atoms with van der Waals surface area (Å²) < 4.78 is 53.8. The Bertz CT molecular complexity index is 1220. The zero-order chi connectivity index (χ0) is 22.0. The summed E-state index contributed by atoms with van der Waals surface area (Å²) in [6.07, 6.45) is 1.68. The van der Waals surface area contributed by atoms with E-state index < -0.39 is 26.6 Å². The van der Waals surface area contributed by atoms with Crippen molar-refractivity contribution in [1.82, 2.24) is 14.2 Å². The molecule has 0 unspecified atom stereocenters. The molecule has 1 N–H and O–H groups in total. The van der Waals surface area contributed by atoms with E-state index in [1.54, 1.807) is 24.4 Å². The molecule has 1 amide bonds. The summed E-state index contributed by atoms with van der Waals surface area (Å²) >= 11 is 0. The number of nitrogens with one attached hydrogen (secondary N) is 1. The predicted octanol–water partition coefficient (Wildman–Crippen LogP) is 2.46. The minimum absolute atomic E-state index is 0.0732. The van der Waals surface area contributed by atoms with Crippen LogP contribution in [0.3, 0.4) is 0 Å². The standard InChI is InChI=1S/C21H20F2N4O3S/c22-15-6-7-17(23)20(13-15)31(29,30)27-11-9-26(10-12-27)14-21(28)25-19-5-1-4-18-16(19)3-2-8-24-18/h1-8,13H,9-12,14H2,(H,25,28). The van der Waals surface area contributed by atoms with Crippen LogP contribution in [0.25, 0.3) is 10.9 Å². The van der Waals surface area contributed by atoms with E-state index in [9.17, 15) is 22.0 Å². The lowest BCUT2D eigenvalue weighted by molar-refractivity contribution is -0.117. The Balaban J connectivity index is 1.38. The molecule has 31 heavy (non-hydrogen) atoms. The lowest BCUT2D eigenvalue weighted by Crippen LogP contribution is -2.50. The smallest absolute Gasteiger partial charge is 0.246 e. The van der Waals surface area contributed by atoms with Gasteiger partial charge in [-0.05, 0) is 42.5 Å². The van der Waals surface area contributed by atoms with Gasteiger partial charge in [-0.15, -0.1) is 0 Å². The van der Waals surface area contributed by atoms with Gasteiger partial charge in [-0.25, -0.2) is 17.2 Å². The van der Waals surface area contributed by atoms with Gasteiger partial charge < -0.3 is 5.32 Å². The topological polar surface area (TPSA) is 82.6 Å². The van der Waals surface area contributed by atoms with Gasteiger partial charge in [0.15, 0.2) is 0 Å². The van der Waals surface area contributed by atoms with Gasteiger partial charge in [0, 0.05) is 37.8 Å². The first-order valence-corrected chi connectivity index (χ1v) is 11.1. The lowest BCUT2D eigenvalue weighted by atomic mass is 10.2. The molecule has 4 rings (SSSR count). The van der Waals surface area contributed by atoms with E-state index in [4.69, 9.17) is 0 Å². The van der Waals surface area contributed by atoms with Gasteiger partial charge >= 0.3 is 0 Å². The fraction of sp³-hybridized carbons (Fsp3) is 0.238. The number of amides is 1.